The zero-order chi connectivity index (χ0) is 23.7. The summed E-state index contributed by atoms with van der Waals surface area (Å²) in [4.78, 5) is 16.2. The summed E-state index contributed by atoms with van der Waals surface area (Å²) < 4.78 is 77.6. The first kappa shape index (κ1) is 23.4. The van der Waals surface area contributed by atoms with Crippen LogP contribution in [0.3, 0.4) is 0 Å². The van der Waals surface area contributed by atoms with Crippen LogP contribution in [0.5, 0.6) is 0 Å². The molecule has 0 fully saturated rings. The normalized spacial score (nSPS) is 11.9. The summed E-state index contributed by atoms with van der Waals surface area (Å²) in [5.74, 6) is -1.26. The number of benzene rings is 2. The zero-order valence-electron chi connectivity index (χ0n) is 16.2. The van der Waals surface area contributed by atoms with E-state index in [1.165, 1.54) is 6.07 Å². The second kappa shape index (κ2) is 8.70. The lowest BCUT2D eigenvalue weighted by Crippen LogP contribution is -2.17. The predicted octanol–water partition coefficient (Wildman–Crippen LogP) is 7.08. The number of alkyl halides is 6. The number of nitrogens with one attached hydrogen (secondary N) is 2. The second-order valence-electron chi connectivity index (χ2n) is 6.70. The first-order chi connectivity index (χ1) is 14.8. The minimum Gasteiger partial charge on any atom is -0.339 e. The number of anilines is 3. The number of amides is 1. The summed E-state index contributed by atoms with van der Waals surface area (Å²) in [6.45, 7) is 1.67. The zero-order valence-corrected chi connectivity index (χ0v) is 17.0. The average molecular weight is 474 g/mol. The molecule has 0 aliphatic rings. The number of rotatable bonds is 4. The number of hydrogen-bond donors (Lipinski definition) is 2. The second-order valence-corrected chi connectivity index (χ2v) is 7.14. The van der Waals surface area contributed by atoms with Crippen molar-refractivity contribution in [1.29, 1.82) is 0 Å². The van der Waals surface area contributed by atoms with Crippen LogP contribution in [0.2, 0.25) is 5.02 Å². The molecular weight excluding hydrogens is 460 g/mol. The SMILES string of the molecule is Cc1ccc(Cl)cc1Nc1nc(C(F)(F)F)ccc1C(=O)Nc1ccc(C(F)(F)F)cc1. The Morgan fingerprint density at radius 1 is 0.906 bits per heavy atom. The Labute approximate surface area is 183 Å². The summed E-state index contributed by atoms with van der Waals surface area (Å²) in [7, 11) is 0. The molecule has 0 atom stereocenters. The summed E-state index contributed by atoms with van der Waals surface area (Å²) in [6, 6.07) is 9.84. The van der Waals surface area contributed by atoms with Crippen LogP contribution in [0.1, 0.15) is 27.2 Å². The Morgan fingerprint density at radius 2 is 1.56 bits per heavy atom. The minimum atomic E-state index is -4.76. The Kier molecular flexibility index (Phi) is 6.36. The molecule has 3 aromatic rings. The first-order valence-corrected chi connectivity index (χ1v) is 9.32. The quantitative estimate of drug-likeness (QED) is 0.398. The summed E-state index contributed by atoms with van der Waals surface area (Å²) in [5.41, 5.74) is -1.42. The summed E-state index contributed by atoms with van der Waals surface area (Å²) >= 11 is 5.94. The largest absolute Gasteiger partial charge is 0.433 e. The molecule has 4 nitrogen and oxygen atoms in total. The molecule has 0 radical (unpaired) electrons. The molecule has 2 aromatic carbocycles. The van der Waals surface area contributed by atoms with E-state index in [9.17, 15) is 31.1 Å². The van der Waals surface area contributed by atoms with Crippen molar-refractivity contribution in [2.24, 2.45) is 0 Å². The molecule has 0 spiro atoms. The number of aryl methyl sites for hydroxylation is 1. The fourth-order valence-corrected chi connectivity index (χ4v) is 2.87. The standard InChI is InChI=1S/C21H14ClF6N3O/c1-11-2-5-13(22)10-16(11)30-18-15(8-9-17(31-18)21(26,27)28)19(32)29-14-6-3-12(4-7-14)20(23,24)25/h2-10H,1H3,(H,29,32)(H,30,31). The van der Waals surface area contributed by atoms with E-state index >= 15 is 0 Å². The van der Waals surface area contributed by atoms with Crippen LogP contribution < -0.4 is 10.6 Å². The van der Waals surface area contributed by atoms with E-state index in [-0.39, 0.29) is 11.3 Å². The van der Waals surface area contributed by atoms with Crippen molar-refractivity contribution in [1.82, 2.24) is 4.98 Å². The highest BCUT2D eigenvalue weighted by Crippen LogP contribution is 2.33. The number of halogens is 7. The smallest absolute Gasteiger partial charge is 0.339 e. The lowest BCUT2D eigenvalue weighted by atomic mass is 10.1. The molecular formula is C21H14ClF6N3O. The van der Waals surface area contributed by atoms with Crippen molar-refractivity contribution in [3.05, 3.63) is 82.0 Å². The van der Waals surface area contributed by atoms with Crippen LogP contribution in [0, 0.1) is 6.92 Å². The van der Waals surface area contributed by atoms with Gasteiger partial charge in [0.05, 0.1) is 11.1 Å². The van der Waals surface area contributed by atoms with Crippen LogP contribution in [0.15, 0.2) is 54.6 Å². The van der Waals surface area contributed by atoms with Gasteiger partial charge in [-0.2, -0.15) is 26.3 Å². The lowest BCUT2D eigenvalue weighted by molar-refractivity contribution is -0.141. The van der Waals surface area contributed by atoms with Crippen molar-refractivity contribution in [3.63, 3.8) is 0 Å². The first-order valence-electron chi connectivity index (χ1n) is 8.94. The van der Waals surface area contributed by atoms with E-state index < -0.39 is 35.3 Å². The lowest BCUT2D eigenvalue weighted by Gasteiger charge is -2.16. The molecule has 0 bridgehead atoms. The maximum absolute atomic E-state index is 13.2. The van der Waals surface area contributed by atoms with Gasteiger partial charge in [-0.25, -0.2) is 4.98 Å². The van der Waals surface area contributed by atoms with Crippen molar-refractivity contribution in [3.8, 4) is 0 Å². The number of carbonyl (C=O) groups is 1. The predicted molar refractivity (Wildman–Crippen MR) is 108 cm³/mol. The maximum Gasteiger partial charge on any atom is 0.433 e. The fourth-order valence-electron chi connectivity index (χ4n) is 2.69. The van der Waals surface area contributed by atoms with Crippen LogP contribution in [0.25, 0.3) is 0 Å². The van der Waals surface area contributed by atoms with Crippen molar-refractivity contribution in [2.75, 3.05) is 10.6 Å². The van der Waals surface area contributed by atoms with Gasteiger partial charge in [0.2, 0.25) is 0 Å². The van der Waals surface area contributed by atoms with E-state index in [0.717, 1.165) is 30.3 Å². The number of carbonyl (C=O) groups excluding carboxylic acids is 1. The Morgan fingerprint density at radius 3 is 2.16 bits per heavy atom. The van der Waals surface area contributed by atoms with Gasteiger partial charge < -0.3 is 10.6 Å². The molecule has 0 unspecified atom stereocenters. The molecule has 0 saturated heterocycles. The van der Waals surface area contributed by atoms with Gasteiger partial charge in [-0.15, -0.1) is 0 Å². The molecule has 0 aliphatic heterocycles. The number of nitrogens with zero attached hydrogens (tertiary/aromatic N) is 1. The van der Waals surface area contributed by atoms with E-state index in [1.54, 1.807) is 19.1 Å². The average Bonchev–Trinajstić information content (AvgIpc) is 2.69. The van der Waals surface area contributed by atoms with Gasteiger partial charge in [0.15, 0.2) is 0 Å². The topological polar surface area (TPSA) is 54.0 Å². The van der Waals surface area contributed by atoms with Crippen LogP contribution in [0.4, 0.5) is 43.5 Å². The van der Waals surface area contributed by atoms with Gasteiger partial charge in [0.25, 0.3) is 5.91 Å². The molecule has 32 heavy (non-hydrogen) atoms. The highest BCUT2D eigenvalue weighted by Gasteiger charge is 2.34. The van der Waals surface area contributed by atoms with E-state index in [1.807, 2.05) is 0 Å². The number of aromatic nitrogens is 1. The number of hydrogen-bond acceptors (Lipinski definition) is 3. The highest BCUT2D eigenvalue weighted by atomic mass is 35.5. The molecule has 0 saturated carbocycles. The van der Waals surface area contributed by atoms with E-state index in [4.69, 9.17) is 11.6 Å². The molecule has 1 amide bonds. The third-order valence-electron chi connectivity index (χ3n) is 4.35. The van der Waals surface area contributed by atoms with Crippen molar-refractivity contribution >= 4 is 34.7 Å². The number of pyridine rings is 1. The molecule has 3 rings (SSSR count). The van der Waals surface area contributed by atoms with Crippen molar-refractivity contribution < 1.29 is 31.1 Å². The van der Waals surface area contributed by atoms with Crippen LogP contribution in [-0.4, -0.2) is 10.9 Å². The van der Waals surface area contributed by atoms with Gasteiger partial charge in [-0.1, -0.05) is 17.7 Å². The molecule has 11 heteroatoms. The monoisotopic (exact) mass is 473 g/mol. The van der Waals surface area contributed by atoms with Gasteiger partial charge >= 0.3 is 12.4 Å². The van der Waals surface area contributed by atoms with Gasteiger partial charge in [0, 0.05) is 16.4 Å². The minimum absolute atomic E-state index is 0.0211. The third-order valence-corrected chi connectivity index (χ3v) is 4.59. The fraction of sp³-hybridized carbons (Fsp3) is 0.143. The Bertz CT molecular complexity index is 1140. The summed E-state index contributed by atoms with van der Waals surface area (Å²) in [6.07, 6.45) is -9.31. The third kappa shape index (κ3) is 5.50. The van der Waals surface area contributed by atoms with E-state index in [0.29, 0.717) is 22.3 Å². The highest BCUT2D eigenvalue weighted by molar-refractivity contribution is 6.30. The van der Waals surface area contributed by atoms with Gasteiger partial charge in [-0.05, 0) is 61.0 Å². The van der Waals surface area contributed by atoms with Gasteiger partial charge in [0.1, 0.15) is 11.5 Å². The van der Waals surface area contributed by atoms with E-state index in [2.05, 4.69) is 15.6 Å². The Balaban J connectivity index is 1.95. The molecule has 1 heterocycles. The maximum atomic E-state index is 13.2. The van der Waals surface area contributed by atoms with Gasteiger partial charge in [-0.3, -0.25) is 4.79 Å². The van der Waals surface area contributed by atoms with Crippen LogP contribution in [-0.2, 0) is 12.4 Å². The van der Waals surface area contributed by atoms with Crippen molar-refractivity contribution in [2.45, 2.75) is 19.3 Å². The Hall–Kier alpha value is -3.27. The molecule has 0 aliphatic carbocycles. The molecule has 2 N–H and O–H groups in total. The molecule has 1 aromatic heterocycles. The molecule has 168 valence electrons. The van der Waals surface area contributed by atoms with Crippen LogP contribution >= 0.6 is 11.6 Å². The summed E-state index contributed by atoms with van der Waals surface area (Å²) in [5, 5.41) is 5.34.